The van der Waals surface area contributed by atoms with Crippen LogP contribution in [-0.4, -0.2) is 24.2 Å². The summed E-state index contributed by atoms with van der Waals surface area (Å²) in [5.74, 6) is 1.03. The molecule has 1 N–H and O–H groups in total. The number of anilines is 1. The molecule has 0 saturated carbocycles. The van der Waals surface area contributed by atoms with Gasteiger partial charge in [-0.3, -0.25) is 0 Å². The first-order chi connectivity index (χ1) is 10.1. The molecule has 0 fully saturated rings. The number of nitrogens with zero attached hydrogens (tertiary/aromatic N) is 2. The standard InChI is InChI=1S/C15H18BrN3O2/c1-9-5-11(16)6-10(2)13(9)17-7-12-14(20-3)18-8-19-15(12)21-4/h5-6,8,17H,7H2,1-4H3. The summed E-state index contributed by atoms with van der Waals surface area (Å²) in [4.78, 5) is 8.23. The second kappa shape index (κ2) is 6.76. The summed E-state index contributed by atoms with van der Waals surface area (Å²) in [6.07, 6.45) is 1.43. The van der Waals surface area contributed by atoms with E-state index in [1.54, 1.807) is 14.2 Å². The predicted molar refractivity (Wildman–Crippen MR) is 86.1 cm³/mol. The van der Waals surface area contributed by atoms with Gasteiger partial charge in [-0.2, -0.15) is 0 Å². The first-order valence-electron chi connectivity index (χ1n) is 6.49. The number of aryl methyl sites for hydroxylation is 2. The summed E-state index contributed by atoms with van der Waals surface area (Å²) in [6, 6.07) is 4.15. The predicted octanol–water partition coefficient (Wildman–Crippen LogP) is 3.49. The zero-order valence-corrected chi connectivity index (χ0v) is 14.1. The SMILES string of the molecule is COc1ncnc(OC)c1CNc1c(C)cc(Br)cc1C. The van der Waals surface area contributed by atoms with Gasteiger partial charge in [0.2, 0.25) is 11.8 Å². The Hall–Kier alpha value is -1.82. The van der Waals surface area contributed by atoms with Gasteiger partial charge in [-0.15, -0.1) is 0 Å². The molecule has 0 aliphatic carbocycles. The van der Waals surface area contributed by atoms with Crippen LogP contribution in [0.2, 0.25) is 0 Å². The molecule has 1 heterocycles. The highest BCUT2D eigenvalue weighted by Crippen LogP contribution is 2.28. The van der Waals surface area contributed by atoms with Gasteiger partial charge in [-0.25, -0.2) is 9.97 Å². The van der Waals surface area contributed by atoms with Gasteiger partial charge < -0.3 is 14.8 Å². The lowest BCUT2D eigenvalue weighted by Gasteiger charge is -2.15. The van der Waals surface area contributed by atoms with Crippen LogP contribution in [-0.2, 0) is 6.54 Å². The fourth-order valence-corrected chi connectivity index (χ4v) is 2.94. The Labute approximate surface area is 132 Å². The number of nitrogens with one attached hydrogen (secondary N) is 1. The largest absolute Gasteiger partial charge is 0.481 e. The summed E-state index contributed by atoms with van der Waals surface area (Å²) < 4.78 is 11.6. The number of rotatable bonds is 5. The third kappa shape index (κ3) is 3.44. The van der Waals surface area contributed by atoms with E-state index in [2.05, 4.69) is 57.2 Å². The average molecular weight is 352 g/mol. The van der Waals surface area contributed by atoms with Gasteiger partial charge in [0.25, 0.3) is 0 Å². The lowest BCUT2D eigenvalue weighted by Crippen LogP contribution is -2.08. The van der Waals surface area contributed by atoms with E-state index in [0.717, 1.165) is 26.9 Å². The van der Waals surface area contributed by atoms with Gasteiger partial charge in [-0.1, -0.05) is 15.9 Å². The number of aromatic nitrogens is 2. The van der Waals surface area contributed by atoms with Crippen LogP contribution in [0.3, 0.4) is 0 Å². The number of hydrogen-bond donors (Lipinski definition) is 1. The van der Waals surface area contributed by atoms with Gasteiger partial charge in [0.1, 0.15) is 6.33 Å². The quantitative estimate of drug-likeness (QED) is 0.893. The van der Waals surface area contributed by atoms with E-state index in [-0.39, 0.29) is 0 Å². The minimum atomic E-state index is 0.516. The van der Waals surface area contributed by atoms with Crippen LogP contribution in [0.4, 0.5) is 5.69 Å². The van der Waals surface area contributed by atoms with Crippen LogP contribution in [0.15, 0.2) is 22.9 Å². The van der Waals surface area contributed by atoms with Crippen LogP contribution in [0.25, 0.3) is 0 Å². The minimum Gasteiger partial charge on any atom is -0.481 e. The Morgan fingerprint density at radius 2 is 1.57 bits per heavy atom. The lowest BCUT2D eigenvalue weighted by atomic mass is 10.1. The van der Waals surface area contributed by atoms with Gasteiger partial charge in [0, 0.05) is 10.2 Å². The minimum absolute atomic E-state index is 0.516. The maximum atomic E-state index is 5.28. The third-order valence-corrected chi connectivity index (χ3v) is 3.65. The van der Waals surface area contributed by atoms with E-state index in [1.807, 2.05) is 0 Å². The molecule has 5 nitrogen and oxygen atoms in total. The molecule has 112 valence electrons. The molecule has 2 aromatic rings. The molecule has 0 amide bonds. The smallest absolute Gasteiger partial charge is 0.225 e. The normalized spacial score (nSPS) is 10.3. The number of hydrogen-bond acceptors (Lipinski definition) is 5. The highest BCUT2D eigenvalue weighted by atomic mass is 79.9. The molecule has 1 aromatic heterocycles. The van der Waals surface area contributed by atoms with Crippen molar-refractivity contribution in [1.29, 1.82) is 0 Å². The first-order valence-corrected chi connectivity index (χ1v) is 7.28. The maximum absolute atomic E-state index is 5.28. The van der Waals surface area contributed by atoms with Crippen LogP contribution in [0.1, 0.15) is 16.7 Å². The summed E-state index contributed by atoms with van der Waals surface area (Å²) in [5.41, 5.74) is 4.21. The number of halogens is 1. The van der Waals surface area contributed by atoms with E-state index < -0.39 is 0 Å². The third-order valence-electron chi connectivity index (χ3n) is 3.19. The first kappa shape index (κ1) is 15.6. The Morgan fingerprint density at radius 1 is 1.05 bits per heavy atom. The molecule has 6 heteroatoms. The fraction of sp³-hybridized carbons (Fsp3) is 0.333. The number of ether oxygens (including phenoxy) is 2. The highest BCUT2D eigenvalue weighted by molar-refractivity contribution is 9.10. The molecule has 0 atom stereocenters. The van der Waals surface area contributed by atoms with E-state index in [4.69, 9.17) is 9.47 Å². The van der Waals surface area contributed by atoms with Gasteiger partial charge >= 0.3 is 0 Å². The van der Waals surface area contributed by atoms with Crippen molar-refractivity contribution in [2.24, 2.45) is 0 Å². The van der Waals surface area contributed by atoms with Crippen molar-refractivity contribution in [3.8, 4) is 11.8 Å². The fourth-order valence-electron chi connectivity index (χ4n) is 2.25. The molecule has 0 aliphatic rings. The van der Waals surface area contributed by atoms with E-state index in [1.165, 1.54) is 6.33 Å². The van der Waals surface area contributed by atoms with Crippen molar-refractivity contribution in [2.75, 3.05) is 19.5 Å². The van der Waals surface area contributed by atoms with E-state index in [0.29, 0.717) is 18.3 Å². The van der Waals surface area contributed by atoms with Crippen LogP contribution in [0.5, 0.6) is 11.8 Å². The number of benzene rings is 1. The summed E-state index contributed by atoms with van der Waals surface area (Å²) in [6.45, 7) is 4.66. The summed E-state index contributed by atoms with van der Waals surface area (Å²) in [5, 5.41) is 3.41. The molecule has 0 unspecified atom stereocenters. The Kier molecular flexibility index (Phi) is 5.01. The molecule has 0 radical (unpaired) electrons. The van der Waals surface area contributed by atoms with Crippen molar-refractivity contribution < 1.29 is 9.47 Å². The van der Waals surface area contributed by atoms with Gasteiger partial charge in [0.05, 0.1) is 26.3 Å². The van der Waals surface area contributed by atoms with Crippen LogP contribution < -0.4 is 14.8 Å². The monoisotopic (exact) mass is 351 g/mol. The van der Waals surface area contributed by atoms with E-state index >= 15 is 0 Å². The van der Waals surface area contributed by atoms with Crippen molar-refractivity contribution in [2.45, 2.75) is 20.4 Å². The summed E-state index contributed by atoms with van der Waals surface area (Å²) >= 11 is 3.50. The molecule has 0 spiro atoms. The second-order valence-electron chi connectivity index (χ2n) is 4.64. The molecule has 0 aliphatic heterocycles. The van der Waals surface area contributed by atoms with Crippen molar-refractivity contribution in [3.05, 3.63) is 39.6 Å². The zero-order chi connectivity index (χ0) is 15.4. The van der Waals surface area contributed by atoms with Gasteiger partial charge in [-0.05, 0) is 37.1 Å². The second-order valence-corrected chi connectivity index (χ2v) is 5.55. The van der Waals surface area contributed by atoms with Crippen molar-refractivity contribution in [1.82, 2.24) is 9.97 Å². The Bertz CT molecular complexity index is 602. The Morgan fingerprint density at radius 3 is 2.05 bits per heavy atom. The van der Waals surface area contributed by atoms with Gasteiger partial charge in [0.15, 0.2) is 0 Å². The zero-order valence-electron chi connectivity index (χ0n) is 12.5. The Balaban J connectivity index is 2.28. The maximum Gasteiger partial charge on any atom is 0.225 e. The summed E-state index contributed by atoms with van der Waals surface area (Å²) in [7, 11) is 3.17. The molecule has 0 bridgehead atoms. The highest BCUT2D eigenvalue weighted by Gasteiger charge is 2.13. The van der Waals surface area contributed by atoms with Crippen LogP contribution in [0, 0.1) is 13.8 Å². The molecule has 2 rings (SSSR count). The van der Waals surface area contributed by atoms with Crippen molar-refractivity contribution in [3.63, 3.8) is 0 Å². The molecule has 0 saturated heterocycles. The lowest BCUT2D eigenvalue weighted by molar-refractivity contribution is 0.363. The van der Waals surface area contributed by atoms with E-state index in [9.17, 15) is 0 Å². The average Bonchev–Trinajstić information content (AvgIpc) is 2.45. The van der Waals surface area contributed by atoms with Crippen LogP contribution >= 0.6 is 15.9 Å². The topological polar surface area (TPSA) is 56.3 Å². The van der Waals surface area contributed by atoms with Crippen molar-refractivity contribution >= 4 is 21.6 Å². The molecule has 21 heavy (non-hydrogen) atoms. The molecular formula is C15H18BrN3O2. The molecule has 1 aromatic carbocycles. The number of methoxy groups -OCH3 is 2. The molecular weight excluding hydrogens is 334 g/mol.